The van der Waals surface area contributed by atoms with Gasteiger partial charge in [0, 0.05) is 61.3 Å². The van der Waals surface area contributed by atoms with E-state index in [1.807, 2.05) is 12.3 Å². The number of hydrogen-bond acceptors (Lipinski definition) is 2. The Morgan fingerprint density at radius 3 is 1.56 bits per heavy atom. The minimum absolute atomic E-state index is 0. The van der Waals surface area contributed by atoms with Crippen molar-refractivity contribution in [1.29, 1.82) is 0 Å². The topological polar surface area (TPSA) is 35.9 Å². The van der Waals surface area contributed by atoms with Crippen molar-refractivity contribution < 1.29 is 30.4 Å². The third-order valence-electron chi connectivity index (χ3n) is 16.9. The Bertz CT molecular complexity index is 3950. The van der Waals surface area contributed by atoms with E-state index >= 15 is 0 Å². The molecule has 412 valence electrons. The first-order valence-electron chi connectivity index (χ1n) is 28.4. The number of benzene rings is 8. The van der Waals surface area contributed by atoms with Crippen LogP contribution in [-0.2, 0) is 42.7 Å². The number of imidazole rings is 1. The van der Waals surface area contributed by atoms with Crippen molar-refractivity contribution >= 4 is 21.8 Å². The predicted molar refractivity (Wildman–Crippen MR) is 330 cm³/mol. The second-order valence-electron chi connectivity index (χ2n) is 25.0. The number of fused-ring (bicyclic) bond motifs is 3. The van der Waals surface area contributed by atoms with E-state index in [1.54, 1.807) is 0 Å². The molecule has 0 saturated heterocycles. The number of aromatic nitrogens is 4. The van der Waals surface area contributed by atoms with Crippen LogP contribution in [0.2, 0.25) is 0 Å². The van der Waals surface area contributed by atoms with Gasteiger partial charge in [0.1, 0.15) is 5.82 Å². The first-order chi connectivity index (χ1) is 38.2. The zero-order valence-corrected chi connectivity index (χ0v) is 51.5. The van der Waals surface area contributed by atoms with Gasteiger partial charge in [-0.2, -0.15) is 12.1 Å². The maximum absolute atomic E-state index is 7.16. The molecule has 0 spiro atoms. The minimum Gasteiger partial charge on any atom is -0.510 e. The van der Waals surface area contributed by atoms with E-state index in [0.717, 1.165) is 50.3 Å². The monoisotopic (exact) mass is 1240 g/mol. The molecule has 0 N–H and O–H groups in total. The molecule has 0 atom stereocenters. The Labute approximate surface area is 495 Å². The molecule has 6 heteroatoms. The second-order valence-corrected chi connectivity index (χ2v) is 25.0. The fourth-order valence-electron chi connectivity index (χ4n) is 11.6. The van der Waals surface area contributed by atoms with Gasteiger partial charge < -0.3 is 13.9 Å². The molecule has 0 aliphatic carbocycles. The molecular formula is C75H74N4OPt-2. The molecule has 11 rings (SSSR count). The summed E-state index contributed by atoms with van der Waals surface area (Å²) in [6.07, 6.45) is 8.22. The normalized spacial score (nSPS) is 12.4. The summed E-state index contributed by atoms with van der Waals surface area (Å²) >= 11 is 0. The van der Waals surface area contributed by atoms with Crippen LogP contribution in [0, 0.1) is 18.5 Å². The molecule has 0 saturated carbocycles. The molecule has 3 heterocycles. The summed E-state index contributed by atoms with van der Waals surface area (Å²) in [6, 6.07) is 75.6. The van der Waals surface area contributed by atoms with Crippen molar-refractivity contribution in [2.24, 2.45) is 0 Å². The van der Waals surface area contributed by atoms with Gasteiger partial charge in [-0.25, -0.2) is 4.98 Å². The average Bonchev–Trinajstić information content (AvgIpc) is 4.08. The van der Waals surface area contributed by atoms with Crippen molar-refractivity contribution in [1.82, 2.24) is 14.1 Å². The van der Waals surface area contributed by atoms with Crippen LogP contribution >= 0.6 is 0 Å². The standard InChI is InChI=1S/C75H74N4O.Pt/c1-50(2)63-33-25-34-64(51(3)4)71(63)69-48-77(59-41-56(73(8,9)52-26-17-14-18-27-52)40-57(42-59)74(10,11)53-28-19-15-20-29-53)49-78(69)60-43-58(75(12,13)54-30-21-16-22-31-54)44-62(46-60)80-61-36-37-66-65-32-23-24-35-67(65)79(68(66)47-61)70-45-55(38-39-76-70)72(5,6)7;/h14-45,48,50-51H,1-13H3;/q-2;. The number of nitrogens with zero attached hydrogens (tertiary/aromatic N) is 4. The van der Waals surface area contributed by atoms with Gasteiger partial charge in [-0.1, -0.05) is 229 Å². The Morgan fingerprint density at radius 1 is 0.481 bits per heavy atom. The second kappa shape index (κ2) is 22.0. The van der Waals surface area contributed by atoms with Crippen LogP contribution in [0.1, 0.15) is 152 Å². The molecule has 5 nitrogen and oxygen atoms in total. The van der Waals surface area contributed by atoms with E-state index in [2.05, 4.69) is 310 Å². The Hall–Kier alpha value is -7.59. The summed E-state index contributed by atoms with van der Waals surface area (Å²) in [6.45, 7) is 29.9. The summed E-state index contributed by atoms with van der Waals surface area (Å²) in [5.41, 5.74) is 15.9. The molecular weight excluding hydrogens is 1170 g/mol. The van der Waals surface area contributed by atoms with Crippen LogP contribution in [0.5, 0.6) is 11.5 Å². The smallest absolute Gasteiger partial charge is 0.267 e. The van der Waals surface area contributed by atoms with E-state index < -0.39 is 5.41 Å². The van der Waals surface area contributed by atoms with Crippen LogP contribution in [0.15, 0.2) is 200 Å². The van der Waals surface area contributed by atoms with Gasteiger partial charge in [0.05, 0.1) is 11.4 Å². The largest absolute Gasteiger partial charge is 0.510 e. The fraction of sp³-hybridized carbons (Fsp3) is 0.253. The van der Waals surface area contributed by atoms with Crippen molar-refractivity contribution in [3.63, 3.8) is 0 Å². The third-order valence-corrected chi connectivity index (χ3v) is 16.9. The molecule has 0 bridgehead atoms. The fourth-order valence-corrected chi connectivity index (χ4v) is 11.6. The predicted octanol–water partition coefficient (Wildman–Crippen LogP) is 18.6. The Balaban J connectivity index is 0.00000736. The van der Waals surface area contributed by atoms with E-state index in [0.29, 0.717) is 11.5 Å². The van der Waals surface area contributed by atoms with Gasteiger partial charge >= 0.3 is 0 Å². The maximum atomic E-state index is 7.16. The van der Waals surface area contributed by atoms with E-state index in [1.165, 1.54) is 50.1 Å². The zero-order valence-electron chi connectivity index (χ0n) is 49.2. The third kappa shape index (κ3) is 10.8. The molecule has 0 amide bonds. The molecule has 3 aromatic heterocycles. The van der Waals surface area contributed by atoms with E-state index in [4.69, 9.17) is 9.72 Å². The van der Waals surface area contributed by atoms with Crippen LogP contribution in [0.4, 0.5) is 0 Å². The van der Waals surface area contributed by atoms with Crippen LogP contribution in [0.25, 0.3) is 50.3 Å². The van der Waals surface area contributed by atoms with Gasteiger partial charge in [0.15, 0.2) is 0 Å². The SMILES string of the molecule is CC(C)c1cccc(C(C)C)c1-c1c[n+](-c2cc(C(C)(C)c3ccccc3)cc(C(C)(C)c3ccccc3)c2)[c-]n1-c1[c-]c(Oc2[c-]c3c(cc2)c2ccccc2n3-c2cc(C(C)(C)C)ccn2)cc(C(C)(C)c2ccccc2)c1.[Pt]. The molecule has 0 unspecified atom stereocenters. The molecule has 0 fully saturated rings. The van der Waals surface area contributed by atoms with Crippen LogP contribution in [-0.4, -0.2) is 14.1 Å². The number of rotatable bonds is 14. The summed E-state index contributed by atoms with van der Waals surface area (Å²) in [4.78, 5) is 4.96. The summed E-state index contributed by atoms with van der Waals surface area (Å²) < 4.78 is 13.8. The molecule has 0 radical (unpaired) electrons. The number of hydrogen-bond donors (Lipinski definition) is 0. The number of ether oxygens (including phenoxy) is 1. The van der Waals surface area contributed by atoms with Gasteiger partial charge in [-0.3, -0.25) is 4.57 Å². The first-order valence-corrected chi connectivity index (χ1v) is 28.4. The Kier molecular flexibility index (Phi) is 15.4. The Morgan fingerprint density at radius 2 is 1.01 bits per heavy atom. The zero-order chi connectivity index (χ0) is 56.3. The molecule has 8 aromatic carbocycles. The van der Waals surface area contributed by atoms with Gasteiger partial charge in [-0.05, 0) is 114 Å². The van der Waals surface area contributed by atoms with Crippen molar-refractivity contribution in [3.05, 3.63) is 269 Å². The van der Waals surface area contributed by atoms with Crippen molar-refractivity contribution in [2.75, 3.05) is 0 Å². The van der Waals surface area contributed by atoms with Crippen LogP contribution in [0.3, 0.4) is 0 Å². The number of pyridine rings is 1. The molecule has 11 aromatic rings. The van der Waals surface area contributed by atoms with Gasteiger partial charge in [0.25, 0.3) is 6.33 Å². The number of para-hydroxylation sites is 1. The van der Waals surface area contributed by atoms with E-state index in [9.17, 15) is 0 Å². The van der Waals surface area contributed by atoms with Crippen molar-refractivity contribution in [3.8, 4) is 39.9 Å². The summed E-state index contributed by atoms with van der Waals surface area (Å²) in [5.74, 6) is 2.48. The average molecular weight is 1240 g/mol. The first kappa shape index (κ1) is 56.7. The molecule has 0 aliphatic rings. The van der Waals surface area contributed by atoms with Crippen LogP contribution < -0.4 is 9.30 Å². The molecule has 0 aliphatic heterocycles. The maximum Gasteiger partial charge on any atom is 0.267 e. The quantitative estimate of drug-likeness (QED) is 0.0803. The summed E-state index contributed by atoms with van der Waals surface area (Å²) in [5, 5.41) is 2.21. The molecule has 81 heavy (non-hydrogen) atoms. The summed E-state index contributed by atoms with van der Waals surface area (Å²) in [7, 11) is 0. The van der Waals surface area contributed by atoms with Crippen molar-refractivity contribution in [2.45, 2.75) is 124 Å². The minimum atomic E-state index is -0.440. The van der Waals surface area contributed by atoms with E-state index in [-0.39, 0.29) is 49.1 Å². The van der Waals surface area contributed by atoms with Gasteiger partial charge in [0.2, 0.25) is 0 Å². The van der Waals surface area contributed by atoms with Gasteiger partial charge in [-0.15, -0.1) is 35.2 Å².